The highest BCUT2D eigenvalue weighted by Crippen LogP contribution is 2.21. The zero-order valence-electron chi connectivity index (χ0n) is 8.79. The SMILES string of the molecule is COCC(=O)NC(C)c1ccccc1Cl. The number of methoxy groups -OCH3 is 1. The third-order valence-corrected chi connectivity index (χ3v) is 2.37. The quantitative estimate of drug-likeness (QED) is 0.856. The van der Waals surface area contributed by atoms with Crippen LogP contribution in [0.1, 0.15) is 18.5 Å². The second-order valence-electron chi connectivity index (χ2n) is 3.24. The molecule has 0 saturated carbocycles. The van der Waals surface area contributed by atoms with Gasteiger partial charge in [0.25, 0.3) is 0 Å². The molecule has 4 heteroatoms. The Morgan fingerprint density at radius 1 is 1.53 bits per heavy atom. The monoisotopic (exact) mass is 227 g/mol. The first kappa shape index (κ1) is 12.0. The van der Waals surface area contributed by atoms with Crippen LogP contribution in [0.15, 0.2) is 24.3 Å². The van der Waals surface area contributed by atoms with Crippen LogP contribution in [-0.2, 0) is 9.53 Å². The van der Waals surface area contributed by atoms with E-state index >= 15 is 0 Å². The molecule has 1 unspecified atom stereocenters. The predicted molar refractivity (Wildman–Crippen MR) is 59.9 cm³/mol. The Kier molecular flexibility index (Phi) is 4.59. The van der Waals surface area contributed by atoms with Gasteiger partial charge in [0.15, 0.2) is 0 Å². The van der Waals surface area contributed by atoms with Gasteiger partial charge in [-0.05, 0) is 18.6 Å². The molecule has 0 spiro atoms. The van der Waals surface area contributed by atoms with Crippen molar-refractivity contribution in [1.29, 1.82) is 0 Å². The first-order valence-electron chi connectivity index (χ1n) is 4.68. The molecule has 0 radical (unpaired) electrons. The third-order valence-electron chi connectivity index (χ3n) is 2.02. The number of benzene rings is 1. The summed E-state index contributed by atoms with van der Waals surface area (Å²) in [5, 5.41) is 3.44. The number of carbonyl (C=O) groups excluding carboxylic acids is 1. The van der Waals surface area contributed by atoms with Gasteiger partial charge in [-0.15, -0.1) is 0 Å². The van der Waals surface area contributed by atoms with Gasteiger partial charge in [-0.2, -0.15) is 0 Å². The summed E-state index contributed by atoms with van der Waals surface area (Å²) in [6.45, 7) is 1.95. The summed E-state index contributed by atoms with van der Waals surface area (Å²) >= 11 is 6.00. The van der Waals surface area contributed by atoms with Gasteiger partial charge in [0.1, 0.15) is 6.61 Å². The number of nitrogens with one attached hydrogen (secondary N) is 1. The Morgan fingerprint density at radius 3 is 2.80 bits per heavy atom. The van der Waals surface area contributed by atoms with E-state index in [0.29, 0.717) is 5.02 Å². The fourth-order valence-corrected chi connectivity index (χ4v) is 1.62. The normalized spacial score (nSPS) is 12.2. The molecule has 0 aliphatic carbocycles. The maximum Gasteiger partial charge on any atom is 0.246 e. The van der Waals surface area contributed by atoms with Crippen LogP contribution in [0, 0.1) is 0 Å². The number of carbonyl (C=O) groups is 1. The van der Waals surface area contributed by atoms with Crippen LogP contribution in [0.3, 0.4) is 0 Å². The van der Waals surface area contributed by atoms with Crippen LogP contribution >= 0.6 is 11.6 Å². The van der Waals surface area contributed by atoms with Crippen molar-refractivity contribution in [3.05, 3.63) is 34.9 Å². The highest BCUT2D eigenvalue weighted by atomic mass is 35.5. The van der Waals surface area contributed by atoms with E-state index in [-0.39, 0.29) is 18.6 Å². The Morgan fingerprint density at radius 2 is 2.20 bits per heavy atom. The fraction of sp³-hybridized carbons (Fsp3) is 0.364. The van der Waals surface area contributed by atoms with Crippen molar-refractivity contribution >= 4 is 17.5 Å². The van der Waals surface area contributed by atoms with Crippen molar-refractivity contribution in [3.8, 4) is 0 Å². The molecule has 1 aromatic carbocycles. The summed E-state index contributed by atoms with van der Waals surface area (Å²) in [6, 6.07) is 7.33. The van der Waals surface area contributed by atoms with Gasteiger partial charge in [0, 0.05) is 12.1 Å². The molecule has 0 bridgehead atoms. The minimum atomic E-state index is -0.148. The Bertz CT molecular complexity index is 341. The van der Waals surface area contributed by atoms with Gasteiger partial charge in [0.05, 0.1) is 6.04 Å². The van der Waals surface area contributed by atoms with Crippen LogP contribution in [0.2, 0.25) is 5.02 Å². The first-order chi connectivity index (χ1) is 7.15. The molecule has 1 N–H and O–H groups in total. The summed E-state index contributed by atoms with van der Waals surface area (Å²) in [5.41, 5.74) is 0.906. The Hall–Kier alpha value is -1.06. The molecule has 15 heavy (non-hydrogen) atoms. The van der Waals surface area contributed by atoms with E-state index in [4.69, 9.17) is 16.3 Å². The minimum absolute atomic E-state index is 0.0643. The summed E-state index contributed by atoms with van der Waals surface area (Å²) in [6.07, 6.45) is 0. The van der Waals surface area contributed by atoms with Gasteiger partial charge in [-0.1, -0.05) is 29.8 Å². The number of ether oxygens (including phenoxy) is 1. The Labute approximate surface area is 94.4 Å². The lowest BCUT2D eigenvalue weighted by molar-refractivity contribution is -0.125. The van der Waals surface area contributed by atoms with Crippen molar-refractivity contribution in [2.75, 3.05) is 13.7 Å². The van der Waals surface area contributed by atoms with Crippen molar-refractivity contribution in [2.45, 2.75) is 13.0 Å². The highest BCUT2D eigenvalue weighted by Gasteiger charge is 2.11. The van der Waals surface area contributed by atoms with E-state index in [9.17, 15) is 4.79 Å². The second-order valence-corrected chi connectivity index (χ2v) is 3.65. The van der Waals surface area contributed by atoms with Gasteiger partial charge in [0.2, 0.25) is 5.91 Å². The van der Waals surface area contributed by atoms with E-state index in [1.54, 1.807) is 6.07 Å². The van der Waals surface area contributed by atoms with E-state index in [1.807, 2.05) is 25.1 Å². The maximum absolute atomic E-state index is 11.3. The Balaban J connectivity index is 2.65. The molecule has 82 valence electrons. The van der Waals surface area contributed by atoms with Crippen molar-refractivity contribution in [2.24, 2.45) is 0 Å². The molecule has 1 rings (SSSR count). The smallest absolute Gasteiger partial charge is 0.246 e. The van der Waals surface area contributed by atoms with E-state index < -0.39 is 0 Å². The molecule has 0 aliphatic rings. The molecule has 0 heterocycles. The average Bonchev–Trinajstić information content (AvgIpc) is 2.18. The minimum Gasteiger partial charge on any atom is -0.375 e. The van der Waals surface area contributed by atoms with Crippen LogP contribution in [0.5, 0.6) is 0 Å². The molecule has 0 fully saturated rings. The van der Waals surface area contributed by atoms with Crippen LogP contribution in [0.4, 0.5) is 0 Å². The number of rotatable bonds is 4. The predicted octanol–water partition coefficient (Wildman–Crippen LogP) is 2.16. The maximum atomic E-state index is 11.3. The molecular weight excluding hydrogens is 214 g/mol. The van der Waals surface area contributed by atoms with E-state index in [0.717, 1.165) is 5.56 Å². The van der Waals surface area contributed by atoms with Gasteiger partial charge >= 0.3 is 0 Å². The first-order valence-corrected chi connectivity index (χ1v) is 5.05. The summed E-state index contributed by atoms with van der Waals surface area (Å²) in [5.74, 6) is -0.148. The topological polar surface area (TPSA) is 38.3 Å². The van der Waals surface area contributed by atoms with E-state index in [2.05, 4.69) is 5.32 Å². The zero-order valence-corrected chi connectivity index (χ0v) is 9.54. The number of hydrogen-bond acceptors (Lipinski definition) is 2. The van der Waals surface area contributed by atoms with Crippen molar-refractivity contribution in [3.63, 3.8) is 0 Å². The second kappa shape index (κ2) is 5.73. The lowest BCUT2D eigenvalue weighted by Crippen LogP contribution is -2.29. The standard InChI is InChI=1S/C11H14ClNO2/c1-8(13-11(14)7-15-2)9-5-3-4-6-10(9)12/h3-6,8H,7H2,1-2H3,(H,13,14). The van der Waals surface area contributed by atoms with Gasteiger partial charge in [-0.3, -0.25) is 4.79 Å². The molecule has 1 aromatic rings. The summed E-state index contributed by atoms with van der Waals surface area (Å²) < 4.78 is 4.73. The summed E-state index contributed by atoms with van der Waals surface area (Å²) in [7, 11) is 1.49. The summed E-state index contributed by atoms with van der Waals surface area (Å²) in [4.78, 5) is 11.3. The lowest BCUT2D eigenvalue weighted by Gasteiger charge is -2.15. The van der Waals surface area contributed by atoms with Crippen molar-refractivity contribution < 1.29 is 9.53 Å². The number of hydrogen-bond donors (Lipinski definition) is 1. The molecule has 0 aliphatic heterocycles. The molecule has 3 nitrogen and oxygen atoms in total. The molecule has 1 atom stereocenters. The van der Waals surface area contributed by atoms with Crippen molar-refractivity contribution in [1.82, 2.24) is 5.32 Å². The van der Waals surface area contributed by atoms with Crippen LogP contribution in [0.25, 0.3) is 0 Å². The molecule has 0 aromatic heterocycles. The average molecular weight is 228 g/mol. The highest BCUT2D eigenvalue weighted by molar-refractivity contribution is 6.31. The van der Waals surface area contributed by atoms with E-state index in [1.165, 1.54) is 7.11 Å². The third kappa shape index (κ3) is 3.53. The lowest BCUT2D eigenvalue weighted by atomic mass is 10.1. The largest absolute Gasteiger partial charge is 0.375 e. The number of halogens is 1. The van der Waals surface area contributed by atoms with Crippen LogP contribution < -0.4 is 5.32 Å². The number of amides is 1. The molecule has 1 amide bonds. The molecular formula is C11H14ClNO2. The zero-order chi connectivity index (χ0) is 11.3. The van der Waals surface area contributed by atoms with Gasteiger partial charge in [-0.25, -0.2) is 0 Å². The van der Waals surface area contributed by atoms with Gasteiger partial charge < -0.3 is 10.1 Å². The fourth-order valence-electron chi connectivity index (χ4n) is 1.32. The van der Waals surface area contributed by atoms with Crippen LogP contribution in [-0.4, -0.2) is 19.6 Å². The molecule has 0 saturated heterocycles.